The van der Waals surface area contributed by atoms with Crippen LogP contribution in [0.25, 0.3) is 0 Å². The first-order chi connectivity index (χ1) is 7.00. The van der Waals surface area contributed by atoms with Gasteiger partial charge in [0.2, 0.25) is 0 Å². The number of hydrogen-bond acceptors (Lipinski definition) is 1. The van der Waals surface area contributed by atoms with Crippen LogP contribution in [0.1, 0.15) is 34.1 Å². The summed E-state index contributed by atoms with van der Waals surface area (Å²) in [5.74, 6) is 2.87. The molecule has 3 heteroatoms. The normalized spacial score (nSPS) is 28.6. The minimum Gasteiger partial charge on any atom is -0.370 e. The van der Waals surface area contributed by atoms with Gasteiger partial charge in [0.05, 0.1) is 0 Å². The van der Waals surface area contributed by atoms with Crippen molar-refractivity contribution in [2.75, 3.05) is 19.6 Å². The third-order valence-electron chi connectivity index (χ3n) is 3.28. The Bertz CT molecular complexity index is 223. The predicted octanol–water partition coefficient (Wildman–Crippen LogP) is 1.93. The van der Waals surface area contributed by atoms with E-state index in [0.717, 1.165) is 37.4 Å². The van der Waals surface area contributed by atoms with Crippen molar-refractivity contribution in [1.29, 1.82) is 0 Å². The van der Waals surface area contributed by atoms with Gasteiger partial charge in [-0.3, -0.25) is 4.99 Å². The van der Waals surface area contributed by atoms with E-state index in [9.17, 15) is 0 Å². The zero-order valence-electron chi connectivity index (χ0n) is 10.5. The fourth-order valence-corrected chi connectivity index (χ4v) is 1.85. The Morgan fingerprint density at radius 1 is 1.40 bits per heavy atom. The molecular formula is C12H25N3. The first kappa shape index (κ1) is 12.3. The Morgan fingerprint density at radius 3 is 2.60 bits per heavy atom. The summed E-state index contributed by atoms with van der Waals surface area (Å²) >= 11 is 0. The van der Waals surface area contributed by atoms with E-state index in [-0.39, 0.29) is 0 Å². The lowest BCUT2D eigenvalue weighted by Gasteiger charge is -2.35. The van der Waals surface area contributed by atoms with Gasteiger partial charge in [-0.25, -0.2) is 0 Å². The number of likely N-dealkylation sites (tertiary alicyclic amines) is 1. The van der Waals surface area contributed by atoms with Crippen LogP contribution < -0.4 is 5.73 Å². The molecular weight excluding hydrogens is 186 g/mol. The maximum Gasteiger partial charge on any atom is 0.191 e. The minimum atomic E-state index is 0.588. The summed E-state index contributed by atoms with van der Waals surface area (Å²) in [6, 6.07) is 0. The number of guanidine groups is 1. The Hall–Kier alpha value is -0.730. The first-order valence-electron chi connectivity index (χ1n) is 6.05. The van der Waals surface area contributed by atoms with Crippen LogP contribution in [-0.2, 0) is 0 Å². The molecule has 0 aromatic carbocycles. The Labute approximate surface area is 93.7 Å². The molecule has 0 radical (unpaired) electrons. The molecule has 2 N–H and O–H groups in total. The highest BCUT2D eigenvalue weighted by Gasteiger charge is 2.23. The molecule has 2 atom stereocenters. The molecule has 0 aliphatic carbocycles. The molecule has 2 unspecified atom stereocenters. The summed E-state index contributed by atoms with van der Waals surface area (Å²) < 4.78 is 0. The van der Waals surface area contributed by atoms with E-state index in [0.29, 0.717) is 5.92 Å². The number of aliphatic imine (C=N–C) groups is 1. The lowest BCUT2D eigenvalue weighted by Crippen LogP contribution is -2.46. The van der Waals surface area contributed by atoms with E-state index in [1.165, 1.54) is 6.42 Å². The quantitative estimate of drug-likeness (QED) is 0.560. The second-order valence-corrected chi connectivity index (χ2v) is 5.28. The van der Waals surface area contributed by atoms with Gasteiger partial charge < -0.3 is 10.6 Å². The third kappa shape index (κ3) is 3.73. The maximum atomic E-state index is 5.98. The lowest BCUT2D eigenvalue weighted by molar-refractivity contribution is 0.202. The molecule has 1 aliphatic heterocycles. The van der Waals surface area contributed by atoms with Gasteiger partial charge in [0.25, 0.3) is 0 Å². The number of nitrogens with zero attached hydrogens (tertiary/aromatic N) is 2. The highest BCUT2D eigenvalue weighted by atomic mass is 15.3. The van der Waals surface area contributed by atoms with Gasteiger partial charge in [-0.1, -0.05) is 27.7 Å². The van der Waals surface area contributed by atoms with E-state index in [1.807, 2.05) is 0 Å². The molecule has 0 bridgehead atoms. The molecule has 0 aromatic rings. The minimum absolute atomic E-state index is 0.588. The van der Waals surface area contributed by atoms with Crippen molar-refractivity contribution in [3.63, 3.8) is 0 Å². The number of hydrogen-bond donors (Lipinski definition) is 1. The largest absolute Gasteiger partial charge is 0.370 e. The zero-order valence-corrected chi connectivity index (χ0v) is 10.5. The summed E-state index contributed by atoms with van der Waals surface area (Å²) in [5.41, 5.74) is 5.98. The van der Waals surface area contributed by atoms with Crippen LogP contribution in [0.4, 0.5) is 0 Å². The molecule has 0 aromatic heterocycles. The molecule has 1 heterocycles. The maximum absolute atomic E-state index is 5.98. The second-order valence-electron chi connectivity index (χ2n) is 5.28. The van der Waals surface area contributed by atoms with Gasteiger partial charge >= 0.3 is 0 Å². The van der Waals surface area contributed by atoms with Crippen molar-refractivity contribution < 1.29 is 0 Å². The molecule has 88 valence electrons. The molecule has 1 saturated heterocycles. The Kier molecular flexibility index (Phi) is 4.43. The standard InChI is InChI=1S/C12H25N3/c1-9(2)7-14-12(13)15-6-5-10(3)11(4)8-15/h9-11H,5-8H2,1-4H3,(H2,13,14). The van der Waals surface area contributed by atoms with Crippen molar-refractivity contribution in [1.82, 2.24) is 4.90 Å². The smallest absolute Gasteiger partial charge is 0.191 e. The van der Waals surface area contributed by atoms with Crippen molar-refractivity contribution in [2.24, 2.45) is 28.5 Å². The van der Waals surface area contributed by atoms with Crippen molar-refractivity contribution in [3.05, 3.63) is 0 Å². The number of piperidine rings is 1. The van der Waals surface area contributed by atoms with Gasteiger partial charge in [0.1, 0.15) is 0 Å². The van der Waals surface area contributed by atoms with E-state index >= 15 is 0 Å². The Balaban J connectivity index is 2.46. The van der Waals surface area contributed by atoms with Gasteiger partial charge in [0.15, 0.2) is 5.96 Å². The van der Waals surface area contributed by atoms with Crippen LogP contribution in [0.3, 0.4) is 0 Å². The predicted molar refractivity (Wildman–Crippen MR) is 65.8 cm³/mol. The molecule has 15 heavy (non-hydrogen) atoms. The SMILES string of the molecule is CC(C)CN=C(N)N1CCC(C)C(C)C1. The van der Waals surface area contributed by atoms with Crippen LogP contribution in [0, 0.1) is 17.8 Å². The van der Waals surface area contributed by atoms with E-state index in [4.69, 9.17) is 5.73 Å². The van der Waals surface area contributed by atoms with Crippen LogP contribution in [0.5, 0.6) is 0 Å². The fourth-order valence-electron chi connectivity index (χ4n) is 1.85. The summed E-state index contributed by atoms with van der Waals surface area (Å²) in [4.78, 5) is 6.66. The summed E-state index contributed by atoms with van der Waals surface area (Å²) in [7, 11) is 0. The first-order valence-corrected chi connectivity index (χ1v) is 6.05. The van der Waals surface area contributed by atoms with Crippen molar-refractivity contribution in [2.45, 2.75) is 34.1 Å². The molecule has 0 amide bonds. The van der Waals surface area contributed by atoms with E-state index < -0.39 is 0 Å². The van der Waals surface area contributed by atoms with Crippen LogP contribution >= 0.6 is 0 Å². The molecule has 1 aliphatic rings. The summed E-state index contributed by atoms with van der Waals surface area (Å²) in [5, 5.41) is 0. The molecule has 3 nitrogen and oxygen atoms in total. The topological polar surface area (TPSA) is 41.6 Å². The Morgan fingerprint density at radius 2 is 2.07 bits per heavy atom. The molecule has 1 fully saturated rings. The van der Waals surface area contributed by atoms with E-state index in [1.54, 1.807) is 0 Å². The second kappa shape index (κ2) is 5.38. The number of rotatable bonds is 2. The number of nitrogens with two attached hydrogens (primary N) is 1. The monoisotopic (exact) mass is 211 g/mol. The van der Waals surface area contributed by atoms with Crippen LogP contribution in [0.2, 0.25) is 0 Å². The molecule has 1 rings (SSSR count). The average Bonchev–Trinajstić information content (AvgIpc) is 2.18. The average molecular weight is 211 g/mol. The van der Waals surface area contributed by atoms with E-state index in [2.05, 4.69) is 37.6 Å². The fraction of sp³-hybridized carbons (Fsp3) is 0.917. The van der Waals surface area contributed by atoms with Crippen LogP contribution in [0.15, 0.2) is 4.99 Å². The molecule has 0 saturated carbocycles. The van der Waals surface area contributed by atoms with Crippen molar-refractivity contribution in [3.8, 4) is 0 Å². The van der Waals surface area contributed by atoms with Crippen LogP contribution in [-0.4, -0.2) is 30.5 Å². The van der Waals surface area contributed by atoms with Gasteiger partial charge in [-0.05, 0) is 24.2 Å². The van der Waals surface area contributed by atoms with Gasteiger partial charge in [0, 0.05) is 19.6 Å². The highest BCUT2D eigenvalue weighted by Crippen LogP contribution is 2.21. The van der Waals surface area contributed by atoms with Crippen molar-refractivity contribution >= 4 is 5.96 Å². The molecule has 0 spiro atoms. The summed E-state index contributed by atoms with van der Waals surface area (Å²) in [6.45, 7) is 11.9. The zero-order chi connectivity index (χ0) is 11.4. The third-order valence-corrected chi connectivity index (χ3v) is 3.28. The van der Waals surface area contributed by atoms with Gasteiger partial charge in [-0.2, -0.15) is 0 Å². The van der Waals surface area contributed by atoms with Gasteiger partial charge in [-0.15, -0.1) is 0 Å². The summed E-state index contributed by atoms with van der Waals surface area (Å²) in [6.07, 6.45) is 1.24. The lowest BCUT2D eigenvalue weighted by atomic mass is 9.89. The highest BCUT2D eigenvalue weighted by molar-refractivity contribution is 5.78.